The molecule has 7 heteroatoms. The summed E-state index contributed by atoms with van der Waals surface area (Å²) >= 11 is 0. The van der Waals surface area contributed by atoms with Crippen LogP contribution in [0.4, 0.5) is 5.69 Å². The molecule has 2 heterocycles. The van der Waals surface area contributed by atoms with Crippen LogP contribution in [0.3, 0.4) is 0 Å². The standard InChI is InChI=1S/C26H27N5O2/c1-15-7-12-23(16(2)13-15)26(32)29-21-8-10-22(11-9-21)33-25-14-24(27-20(6)28-25)31-19(5)17(3)18(4)30-31/h7-14H,1-6H3,(H,29,32). The van der Waals surface area contributed by atoms with Crippen molar-refractivity contribution in [2.75, 3.05) is 5.32 Å². The lowest BCUT2D eigenvalue weighted by molar-refractivity contribution is 0.102. The normalized spacial score (nSPS) is 10.8. The molecular weight excluding hydrogens is 414 g/mol. The van der Waals surface area contributed by atoms with E-state index in [1.165, 1.54) is 0 Å². The highest BCUT2D eigenvalue weighted by Gasteiger charge is 2.13. The van der Waals surface area contributed by atoms with Crippen LogP contribution < -0.4 is 10.1 Å². The fourth-order valence-corrected chi connectivity index (χ4v) is 3.62. The van der Waals surface area contributed by atoms with Crippen LogP contribution >= 0.6 is 0 Å². The van der Waals surface area contributed by atoms with E-state index in [0.29, 0.717) is 34.5 Å². The predicted octanol–water partition coefficient (Wildman–Crippen LogP) is 5.56. The molecule has 4 rings (SSSR count). The maximum Gasteiger partial charge on any atom is 0.255 e. The number of amides is 1. The van der Waals surface area contributed by atoms with Gasteiger partial charge in [0.1, 0.15) is 11.6 Å². The van der Waals surface area contributed by atoms with Crippen molar-refractivity contribution in [3.8, 4) is 17.4 Å². The summed E-state index contributed by atoms with van der Waals surface area (Å²) in [6, 6.07) is 14.7. The van der Waals surface area contributed by atoms with E-state index in [4.69, 9.17) is 4.74 Å². The van der Waals surface area contributed by atoms with Crippen LogP contribution in [0.25, 0.3) is 5.82 Å². The third kappa shape index (κ3) is 4.77. The molecule has 0 aliphatic carbocycles. The Hall–Kier alpha value is -4.00. The first-order valence-electron chi connectivity index (χ1n) is 10.8. The smallest absolute Gasteiger partial charge is 0.255 e. The highest BCUT2D eigenvalue weighted by atomic mass is 16.5. The van der Waals surface area contributed by atoms with Gasteiger partial charge in [-0.05, 0) is 83.0 Å². The van der Waals surface area contributed by atoms with Gasteiger partial charge in [0.15, 0.2) is 5.82 Å². The van der Waals surface area contributed by atoms with Crippen LogP contribution in [0.15, 0.2) is 48.5 Å². The molecule has 33 heavy (non-hydrogen) atoms. The van der Waals surface area contributed by atoms with Crippen molar-refractivity contribution in [3.05, 3.63) is 88.0 Å². The molecule has 0 saturated carbocycles. The lowest BCUT2D eigenvalue weighted by atomic mass is 10.1. The second kappa shape index (κ2) is 8.86. The highest BCUT2D eigenvalue weighted by Crippen LogP contribution is 2.25. The number of aromatic nitrogens is 4. The van der Waals surface area contributed by atoms with Crippen molar-refractivity contribution >= 4 is 11.6 Å². The van der Waals surface area contributed by atoms with Gasteiger partial charge >= 0.3 is 0 Å². The molecule has 0 aliphatic rings. The Labute approximate surface area is 193 Å². The van der Waals surface area contributed by atoms with Gasteiger partial charge in [-0.25, -0.2) is 9.67 Å². The van der Waals surface area contributed by atoms with Crippen LogP contribution in [0, 0.1) is 41.5 Å². The van der Waals surface area contributed by atoms with E-state index in [1.54, 1.807) is 35.0 Å². The predicted molar refractivity (Wildman–Crippen MR) is 128 cm³/mol. The van der Waals surface area contributed by atoms with E-state index in [2.05, 4.69) is 20.4 Å². The minimum absolute atomic E-state index is 0.141. The van der Waals surface area contributed by atoms with E-state index >= 15 is 0 Å². The molecule has 7 nitrogen and oxygen atoms in total. The molecule has 1 amide bonds. The molecule has 2 aromatic heterocycles. The molecule has 0 saturated heterocycles. The molecule has 1 N–H and O–H groups in total. The molecule has 2 aromatic carbocycles. The van der Waals surface area contributed by atoms with Gasteiger partial charge in [-0.2, -0.15) is 10.1 Å². The van der Waals surface area contributed by atoms with Gasteiger partial charge < -0.3 is 10.1 Å². The van der Waals surface area contributed by atoms with E-state index in [9.17, 15) is 4.79 Å². The number of ether oxygens (including phenoxy) is 1. The van der Waals surface area contributed by atoms with E-state index in [1.807, 2.05) is 59.7 Å². The maximum atomic E-state index is 12.6. The zero-order chi connectivity index (χ0) is 23.7. The van der Waals surface area contributed by atoms with Gasteiger partial charge in [-0.1, -0.05) is 17.7 Å². The van der Waals surface area contributed by atoms with Crippen LogP contribution in [0.2, 0.25) is 0 Å². The second-order valence-electron chi connectivity index (χ2n) is 8.22. The summed E-state index contributed by atoms with van der Waals surface area (Å²) in [4.78, 5) is 21.5. The number of nitrogens with zero attached hydrogens (tertiary/aromatic N) is 4. The van der Waals surface area contributed by atoms with Gasteiger partial charge in [0.2, 0.25) is 5.88 Å². The molecule has 0 unspecified atom stereocenters. The molecule has 168 valence electrons. The number of nitrogens with one attached hydrogen (secondary N) is 1. The summed E-state index contributed by atoms with van der Waals surface area (Å²) in [7, 11) is 0. The van der Waals surface area contributed by atoms with Crippen molar-refractivity contribution in [2.24, 2.45) is 0 Å². The van der Waals surface area contributed by atoms with E-state index in [0.717, 1.165) is 28.1 Å². The third-order valence-electron chi connectivity index (χ3n) is 5.63. The lowest BCUT2D eigenvalue weighted by Crippen LogP contribution is -2.13. The number of carbonyl (C=O) groups excluding carboxylic acids is 1. The number of rotatable bonds is 5. The van der Waals surface area contributed by atoms with Crippen LogP contribution in [0.1, 0.15) is 44.3 Å². The van der Waals surface area contributed by atoms with Gasteiger partial charge in [0.05, 0.1) is 5.69 Å². The SMILES string of the molecule is Cc1ccc(C(=O)Nc2ccc(Oc3cc(-n4nc(C)c(C)c4C)nc(C)n3)cc2)c(C)c1. The first-order valence-corrected chi connectivity index (χ1v) is 10.8. The molecular formula is C26H27N5O2. The minimum atomic E-state index is -0.141. The Morgan fingerprint density at radius 1 is 0.909 bits per heavy atom. The number of hydrogen-bond donors (Lipinski definition) is 1. The van der Waals surface area contributed by atoms with Gasteiger partial charge in [-0.3, -0.25) is 4.79 Å². The van der Waals surface area contributed by atoms with Gasteiger partial charge in [0, 0.05) is 23.0 Å². The Bertz CT molecular complexity index is 1340. The summed E-state index contributed by atoms with van der Waals surface area (Å²) in [5.41, 5.74) is 6.54. The van der Waals surface area contributed by atoms with Crippen LogP contribution in [-0.2, 0) is 0 Å². The zero-order valence-electron chi connectivity index (χ0n) is 19.7. The Morgan fingerprint density at radius 2 is 1.64 bits per heavy atom. The first kappa shape index (κ1) is 22.2. The molecule has 0 radical (unpaired) electrons. The number of benzene rings is 2. The molecule has 0 spiro atoms. The average molecular weight is 442 g/mol. The Kier molecular flexibility index (Phi) is 5.96. The van der Waals surface area contributed by atoms with Crippen LogP contribution in [-0.4, -0.2) is 25.7 Å². The average Bonchev–Trinajstić information content (AvgIpc) is 3.02. The van der Waals surface area contributed by atoms with Crippen molar-refractivity contribution < 1.29 is 9.53 Å². The quantitative estimate of drug-likeness (QED) is 0.439. The van der Waals surface area contributed by atoms with Gasteiger partial charge in [-0.15, -0.1) is 0 Å². The van der Waals surface area contributed by atoms with E-state index < -0.39 is 0 Å². The molecule has 0 bridgehead atoms. The molecule has 0 atom stereocenters. The first-order chi connectivity index (χ1) is 15.7. The molecule has 4 aromatic rings. The fraction of sp³-hybridized carbons (Fsp3) is 0.231. The molecule has 0 aliphatic heterocycles. The summed E-state index contributed by atoms with van der Waals surface area (Å²) < 4.78 is 7.77. The number of carbonyl (C=O) groups is 1. The number of anilines is 1. The largest absolute Gasteiger partial charge is 0.439 e. The topological polar surface area (TPSA) is 81.9 Å². The third-order valence-corrected chi connectivity index (χ3v) is 5.63. The van der Waals surface area contributed by atoms with Crippen molar-refractivity contribution in [1.82, 2.24) is 19.7 Å². The van der Waals surface area contributed by atoms with Crippen molar-refractivity contribution in [3.63, 3.8) is 0 Å². The summed E-state index contributed by atoms with van der Waals surface area (Å²) in [6.07, 6.45) is 0. The second-order valence-corrected chi connectivity index (χ2v) is 8.22. The summed E-state index contributed by atoms with van der Waals surface area (Å²) in [5.74, 6) is 2.13. The fourth-order valence-electron chi connectivity index (χ4n) is 3.62. The maximum absolute atomic E-state index is 12.6. The van der Waals surface area contributed by atoms with Crippen molar-refractivity contribution in [2.45, 2.75) is 41.5 Å². The monoisotopic (exact) mass is 441 g/mol. The Balaban J connectivity index is 1.50. The van der Waals surface area contributed by atoms with E-state index in [-0.39, 0.29) is 5.91 Å². The lowest BCUT2D eigenvalue weighted by Gasteiger charge is -2.11. The minimum Gasteiger partial charge on any atom is -0.439 e. The van der Waals surface area contributed by atoms with Crippen molar-refractivity contribution in [1.29, 1.82) is 0 Å². The highest BCUT2D eigenvalue weighted by molar-refractivity contribution is 6.05. The zero-order valence-corrected chi connectivity index (χ0v) is 19.7. The van der Waals surface area contributed by atoms with Crippen LogP contribution in [0.5, 0.6) is 11.6 Å². The summed E-state index contributed by atoms with van der Waals surface area (Å²) in [6.45, 7) is 11.8. The summed E-state index contributed by atoms with van der Waals surface area (Å²) in [5, 5.41) is 7.51. The van der Waals surface area contributed by atoms with Gasteiger partial charge in [0.25, 0.3) is 5.91 Å². The Morgan fingerprint density at radius 3 is 2.27 bits per heavy atom. The number of aryl methyl sites for hydroxylation is 4. The molecule has 0 fully saturated rings. The number of hydrogen-bond acceptors (Lipinski definition) is 5.